The summed E-state index contributed by atoms with van der Waals surface area (Å²) in [6.45, 7) is 3.28. The summed E-state index contributed by atoms with van der Waals surface area (Å²) < 4.78 is 2.09. The lowest BCUT2D eigenvalue weighted by molar-refractivity contribution is 0.539. The maximum atomic E-state index is 4.48. The molecule has 98 valence electrons. The van der Waals surface area contributed by atoms with Crippen molar-refractivity contribution >= 4 is 11.3 Å². The number of thiophene rings is 1. The molecule has 0 bridgehead atoms. The van der Waals surface area contributed by atoms with Gasteiger partial charge >= 0.3 is 0 Å². The van der Waals surface area contributed by atoms with Gasteiger partial charge in [0.15, 0.2) is 0 Å². The van der Waals surface area contributed by atoms with Crippen LogP contribution in [-0.2, 0) is 7.05 Å². The van der Waals surface area contributed by atoms with E-state index in [1.807, 2.05) is 12.4 Å². The van der Waals surface area contributed by atoms with Gasteiger partial charge in [-0.25, -0.2) is 4.98 Å². The van der Waals surface area contributed by atoms with Crippen molar-refractivity contribution in [2.75, 3.05) is 6.54 Å². The quantitative estimate of drug-likeness (QED) is 0.776. The van der Waals surface area contributed by atoms with Crippen LogP contribution in [0.4, 0.5) is 0 Å². The summed E-state index contributed by atoms with van der Waals surface area (Å²) in [6.07, 6.45) is 7.63. The lowest BCUT2D eigenvalue weighted by Gasteiger charge is -2.17. The molecule has 4 heteroatoms. The van der Waals surface area contributed by atoms with Gasteiger partial charge in [-0.05, 0) is 24.4 Å². The minimum Gasteiger partial charge on any atom is -0.336 e. The molecule has 0 radical (unpaired) electrons. The molecule has 0 aliphatic heterocycles. The molecule has 1 unspecified atom stereocenters. The first kappa shape index (κ1) is 13.3. The third-order valence-electron chi connectivity index (χ3n) is 3.07. The van der Waals surface area contributed by atoms with Gasteiger partial charge in [-0.1, -0.05) is 25.8 Å². The Morgan fingerprint density at radius 2 is 2.33 bits per heavy atom. The van der Waals surface area contributed by atoms with Gasteiger partial charge in [-0.3, -0.25) is 0 Å². The average molecular weight is 263 g/mol. The fraction of sp³-hybridized carbons (Fsp3) is 0.500. The molecule has 2 aromatic heterocycles. The van der Waals surface area contributed by atoms with E-state index < -0.39 is 0 Å². The minimum absolute atomic E-state index is 0.224. The molecule has 1 atom stereocenters. The Morgan fingerprint density at radius 3 is 2.94 bits per heavy atom. The summed E-state index contributed by atoms with van der Waals surface area (Å²) in [5.74, 6) is 1.09. The predicted octanol–water partition coefficient (Wildman–Crippen LogP) is 3.35. The van der Waals surface area contributed by atoms with E-state index in [4.69, 9.17) is 0 Å². The molecule has 0 aromatic carbocycles. The second kappa shape index (κ2) is 6.71. The van der Waals surface area contributed by atoms with Gasteiger partial charge in [0, 0.05) is 24.3 Å². The van der Waals surface area contributed by atoms with Crippen molar-refractivity contribution < 1.29 is 0 Å². The van der Waals surface area contributed by atoms with Crippen molar-refractivity contribution in [1.82, 2.24) is 14.9 Å². The van der Waals surface area contributed by atoms with Crippen LogP contribution >= 0.6 is 11.3 Å². The fourth-order valence-corrected chi connectivity index (χ4v) is 2.85. The SMILES string of the molecule is CCCCCNC(c1cccs1)c1nccn1C. The first-order valence-corrected chi connectivity index (χ1v) is 7.45. The fourth-order valence-electron chi connectivity index (χ4n) is 2.05. The van der Waals surface area contributed by atoms with Gasteiger partial charge in [-0.2, -0.15) is 0 Å². The van der Waals surface area contributed by atoms with Crippen LogP contribution in [0.15, 0.2) is 29.9 Å². The van der Waals surface area contributed by atoms with Crippen LogP contribution in [0.5, 0.6) is 0 Å². The molecular weight excluding hydrogens is 242 g/mol. The number of hydrogen-bond donors (Lipinski definition) is 1. The third-order valence-corrected chi connectivity index (χ3v) is 4.01. The Kier molecular flexibility index (Phi) is 4.96. The molecule has 3 nitrogen and oxygen atoms in total. The van der Waals surface area contributed by atoms with Crippen molar-refractivity contribution in [3.05, 3.63) is 40.6 Å². The van der Waals surface area contributed by atoms with Crippen molar-refractivity contribution in [3.8, 4) is 0 Å². The van der Waals surface area contributed by atoms with Crippen LogP contribution in [-0.4, -0.2) is 16.1 Å². The highest BCUT2D eigenvalue weighted by Gasteiger charge is 2.18. The Bertz CT molecular complexity index is 447. The topological polar surface area (TPSA) is 29.9 Å². The van der Waals surface area contributed by atoms with Crippen LogP contribution in [0, 0.1) is 0 Å². The van der Waals surface area contributed by atoms with E-state index in [9.17, 15) is 0 Å². The number of imidazole rings is 1. The van der Waals surface area contributed by atoms with E-state index in [0.717, 1.165) is 12.4 Å². The van der Waals surface area contributed by atoms with Crippen molar-refractivity contribution in [1.29, 1.82) is 0 Å². The summed E-state index contributed by atoms with van der Waals surface area (Å²) in [7, 11) is 2.05. The maximum Gasteiger partial charge on any atom is 0.131 e. The molecule has 0 saturated carbocycles. The highest BCUT2D eigenvalue weighted by molar-refractivity contribution is 7.10. The molecule has 0 aliphatic rings. The molecule has 0 aliphatic carbocycles. The predicted molar refractivity (Wildman–Crippen MR) is 76.9 cm³/mol. The summed E-state index contributed by atoms with van der Waals surface area (Å²) in [5.41, 5.74) is 0. The molecule has 2 aromatic rings. The van der Waals surface area contributed by atoms with Gasteiger partial charge in [0.05, 0.1) is 0 Å². The van der Waals surface area contributed by atoms with Crippen molar-refractivity contribution in [2.45, 2.75) is 32.2 Å². The van der Waals surface area contributed by atoms with E-state index in [1.165, 1.54) is 24.1 Å². The second-order valence-corrected chi connectivity index (χ2v) is 5.49. The van der Waals surface area contributed by atoms with Crippen LogP contribution in [0.3, 0.4) is 0 Å². The molecule has 0 spiro atoms. The van der Waals surface area contributed by atoms with E-state index >= 15 is 0 Å². The Balaban J connectivity index is 2.07. The molecule has 0 fully saturated rings. The molecule has 0 saturated heterocycles. The number of rotatable bonds is 7. The van der Waals surface area contributed by atoms with Crippen molar-refractivity contribution in [3.63, 3.8) is 0 Å². The summed E-state index contributed by atoms with van der Waals surface area (Å²) in [5, 5.41) is 5.75. The number of unbranched alkanes of at least 4 members (excludes halogenated alkanes) is 2. The van der Waals surface area contributed by atoms with E-state index in [1.54, 1.807) is 11.3 Å². The molecular formula is C14H21N3S. The van der Waals surface area contributed by atoms with Crippen molar-refractivity contribution in [2.24, 2.45) is 7.05 Å². The standard InChI is InChI=1S/C14H21N3S/c1-3-4-5-8-15-13(12-7-6-11-18-12)14-16-9-10-17(14)2/h6-7,9-11,13,15H,3-5,8H2,1-2H3. The zero-order valence-electron chi connectivity index (χ0n) is 11.1. The molecule has 2 heterocycles. The summed E-state index contributed by atoms with van der Waals surface area (Å²) >= 11 is 1.79. The lowest BCUT2D eigenvalue weighted by atomic mass is 10.2. The maximum absolute atomic E-state index is 4.48. The van der Waals surface area contributed by atoms with Gasteiger partial charge in [0.1, 0.15) is 11.9 Å². The van der Waals surface area contributed by atoms with Gasteiger partial charge < -0.3 is 9.88 Å². The monoisotopic (exact) mass is 263 g/mol. The Hall–Kier alpha value is -1.13. The minimum atomic E-state index is 0.224. The first-order valence-electron chi connectivity index (χ1n) is 6.57. The van der Waals surface area contributed by atoms with Gasteiger partial charge in [-0.15, -0.1) is 11.3 Å². The molecule has 0 amide bonds. The first-order chi connectivity index (χ1) is 8.83. The van der Waals surface area contributed by atoms with Gasteiger partial charge in [0.2, 0.25) is 0 Å². The highest BCUT2D eigenvalue weighted by atomic mass is 32.1. The van der Waals surface area contributed by atoms with E-state index in [-0.39, 0.29) is 6.04 Å². The molecule has 18 heavy (non-hydrogen) atoms. The lowest BCUT2D eigenvalue weighted by Crippen LogP contribution is -2.25. The number of nitrogens with zero attached hydrogens (tertiary/aromatic N) is 2. The zero-order chi connectivity index (χ0) is 12.8. The molecule has 1 N–H and O–H groups in total. The van der Waals surface area contributed by atoms with Crippen LogP contribution in [0.2, 0.25) is 0 Å². The summed E-state index contributed by atoms with van der Waals surface area (Å²) in [6, 6.07) is 4.50. The zero-order valence-corrected chi connectivity index (χ0v) is 11.9. The number of aryl methyl sites for hydroxylation is 1. The normalized spacial score (nSPS) is 12.8. The number of nitrogens with one attached hydrogen (secondary N) is 1. The third kappa shape index (κ3) is 3.21. The molecule has 2 rings (SSSR count). The largest absolute Gasteiger partial charge is 0.336 e. The Morgan fingerprint density at radius 1 is 1.44 bits per heavy atom. The van der Waals surface area contributed by atoms with E-state index in [2.05, 4.69) is 46.4 Å². The van der Waals surface area contributed by atoms with Crippen LogP contribution < -0.4 is 5.32 Å². The summed E-state index contributed by atoms with van der Waals surface area (Å²) in [4.78, 5) is 5.81. The second-order valence-electron chi connectivity index (χ2n) is 4.51. The smallest absolute Gasteiger partial charge is 0.131 e. The number of hydrogen-bond acceptors (Lipinski definition) is 3. The number of aromatic nitrogens is 2. The average Bonchev–Trinajstić information content (AvgIpc) is 3.01. The van der Waals surface area contributed by atoms with Crippen LogP contribution in [0.25, 0.3) is 0 Å². The van der Waals surface area contributed by atoms with Crippen LogP contribution in [0.1, 0.15) is 42.9 Å². The van der Waals surface area contributed by atoms with Gasteiger partial charge in [0.25, 0.3) is 0 Å². The van der Waals surface area contributed by atoms with E-state index in [0.29, 0.717) is 0 Å². The highest BCUT2D eigenvalue weighted by Crippen LogP contribution is 2.24. The Labute approximate surface area is 113 Å².